The zero-order chi connectivity index (χ0) is 19.8. The summed E-state index contributed by atoms with van der Waals surface area (Å²) in [6.45, 7) is 2.69. The molecule has 5 rings (SSSR count). The third kappa shape index (κ3) is 3.83. The maximum absolute atomic E-state index is 10.5. The number of aliphatic hydroxyl groups is 1. The molecule has 150 valence electrons. The van der Waals surface area contributed by atoms with Crippen LogP contribution in [0.25, 0.3) is 10.8 Å². The highest BCUT2D eigenvalue weighted by Gasteiger charge is 2.42. The van der Waals surface area contributed by atoms with Crippen LogP contribution < -0.4 is 4.74 Å². The van der Waals surface area contributed by atoms with Gasteiger partial charge in [0.05, 0.1) is 12.2 Å². The number of rotatable bonds is 5. The Bertz CT molecular complexity index is 968. The zero-order valence-electron chi connectivity index (χ0n) is 16.4. The van der Waals surface area contributed by atoms with Gasteiger partial charge in [-0.2, -0.15) is 0 Å². The monoisotopic (exact) mass is 389 g/mol. The minimum absolute atomic E-state index is 0.230. The lowest BCUT2D eigenvalue weighted by atomic mass is 10.0. The molecule has 4 nitrogen and oxygen atoms in total. The number of β-amino-alcohol motifs (C(OH)–C–C–N with tert-alkyl or cyclic N) is 1. The van der Waals surface area contributed by atoms with Gasteiger partial charge in [-0.25, -0.2) is 0 Å². The van der Waals surface area contributed by atoms with E-state index in [4.69, 9.17) is 4.74 Å². The molecule has 0 bridgehead atoms. The van der Waals surface area contributed by atoms with Gasteiger partial charge in [-0.05, 0) is 53.8 Å². The molecule has 0 aromatic heterocycles. The molecule has 2 aliphatic rings. The van der Waals surface area contributed by atoms with E-state index >= 15 is 0 Å². The molecule has 1 saturated heterocycles. The number of aromatic hydroxyl groups is 1. The van der Waals surface area contributed by atoms with Crippen molar-refractivity contribution >= 4 is 10.8 Å². The van der Waals surface area contributed by atoms with Crippen LogP contribution in [0.3, 0.4) is 0 Å². The van der Waals surface area contributed by atoms with Crippen molar-refractivity contribution in [2.45, 2.75) is 25.0 Å². The number of likely N-dealkylation sites (tertiary alicyclic amines) is 1. The predicted octanol–water partition coefficient (Wildman–Crippen LogP) is 4.37. The van der Waals surface area contributed by atoms with Crippen molar-refractivity contribution in [3.8, 4) is 11.5 Å². The molecule has 0 spiro atoms. The van der Waals surface area contributed by atoms with Gasteiger partial charge in [-0.15, -0.1) is 0 Å². The topological polar surface area (TPSA) is 52.9 Å². The number of phenolic OH excluding ortho intramolecular Hbond substituents is 1. The lowest BCUT2D eigenvalue weighted by Gasteiger charge is -2.23. The van der Waals surface area contributed by atoms with Crippen LogP contribution in [0.4, 0.5) is 0 Å². The molecular weight excluding hydrogens is 362 g/mol. The second-order valence-electron chi connectivity index (χ2n) is 8.53. The summed E-state index contributed by atoms with van der Waals surface area (Å²) < 4.78 is 6.43. The van der Waals surface area contributed by atoms with E-state index in [0.717, 1.165) is 37.2 Å². The average molecular weight is 389 g/mol. The van der Waals surface area contributed by atoms with E-state index in [-0.39, 0.29) is 11.9 Å². The van der Waals surface area contributed by atoms with E-state index in [0.29, 0.717) is 18.4 Å². The van der Waals surface area contributed by atoms with Crippen LogP contribution in [-0.2, 0) is 0 Å². The Labute approximate surface area is 171 Å². The first-order valence-corrected chi connectivity index (χ1v) is 10.5. The second-order valence-corrected chi connectivity index (χ2v) is 8.53. The first kappa shape index (κ1) is 18.5. The number of ether oxygens (including phenoxy) is 1. The van der Waals surface area contributed by atoms with Gasteiger partial charge < -0.3 is 14.9 Å². The fourth-order valence-corrected chi connectivity index (χ4v) is 5.11. The quantitative estimate of drug-likeness (QED) is 0.680. The van der Waals surface area contributed by atoms with Crippen LogP contribution in [0.15, 0.2) is 66.7 Å². The standard InChI is InChI=1S/C25H27NO3/c27-21-10-8-18(9-11-21)24(28)16-26-14-19-12-22(13-20(19)15-26)29-25-7-3-5-17-4-1-2-6-23(17)25/h1-11,19-20,22,24,27-28H,12-16H2/t19-,20+,22+,24?. The van der Waals surface area contributed by atoms with E-state index in [2.05, 4.69) is 47.4 Å². The van der Waals surface area contributed by atoms with E-state index < -0.39 is 6.10 Å². The molecule has 1 aliphatic heterocycles. The first-order valence-electron chi connectivity index (χ1n) is 10.5. The van der Waals surface area contributed by atoms with Crippen LogP contribution >= 0.6 is 0 Å². The summed E-state index contributed by atoms with van der Waals surface area (Å²) in [5.41, 5.74) is 0.858. The molecule has 4 atom stereocenters. The van der Waals surface area contributed by atoms with Gasteiger partial charge in [0.15, 0.2) is 0 Å². The number of aliphatic hydroxyl groups excluding tert-OH is 1. The molecule has 1 saturated carbocycles. The number of fused-ring (bicyclic) bond motifs is 2. The summed E-state index contributed by atoms with van der Waals surface area (Å²) in [7, 11) is 0. The molecule has 3 aromatic carbocycles. The minimum atomic E-state index is -0.517. The number of phenols is 1. The highest BCUT2D eigenvalue weighted by Crippen LogP contribution is 2.41. The van der Waals surface area contributed by atoms with Gasteiger partial charge >= 0.3 is 0 Å². The van der Waals surface area contributed by atoms with Gasteiger partial charge in [0.25, 0.3) is 0 Å². The van der Waals surface area contributed by atoms with Gasteiger partial charge in [0, 0.05) is 25.0 Å². The lowest BCUT2D eigenvalue weighted by Crippen LogP contribution is -2.28. The van der Waals surface area contributed by atoms with Crippen molar-refractivity contribution in [1.82, 2.24) is 4.90 Å². The Kier molecular flexibility index (Phi) is 4.90. The first-order chi connectivity index (χ1) is 14.2. The van der Waals surface area contributed by atoms with Crippen molar-refractivity contribution in [3.05, 3.63) is 72.3 Å². The van der Waals surface area contributed by atoms with E-state index in [1.807, 2.05) is 0 Å². The van der Waals surface area contributed by atoms with Crippen LogP contribution in [0, 0.1) is 11.8 Å². The maximum Gasteiger partial charge on any atom is 0.127 e. The van der Waals surface area contributed by atoms with Crippen molar-refractivity contribution in [2.24, 2.45) is 11.8 Å². The number of hydrogen-bond acceptors (Lipinski definition) is 4. The molecule has 3 aromatic rings. The molecule has 2 N–H and O–H groups in total. The largest absolute Gasteiger partial charge is 0.508 e. The van der Waals surface area contributed by atoms with E-state index in [1.165, 1.54) is 10.8 Å². The van der Waals surface area contributed by atoms with Crippen LogP contribution in [0.1, 0.15) is 24.5 Å². The third-order valence-electron chi connectivity index (χ3n) is 6.54. The molecule has 1 heterocycles. The molecule has 29 heavy (non-hydrogen) atoms. The van der Waals surface area contributed by atoms with Crippen molar-refractivity contribution in [1.29, 1.82) is 0 Å². The zero-order valence-corrected chi connectivity index (χ0v) is 16.4. The van der Waals surface area contributed by atoms with Crippen LogP contribution in [0.5, 0.6) is 11.5 Å². The predicted molar refractivity (Wildman–Crippen MR) is 114 cm³/mol. The normalized spacial score (nSPS) is 25.2. The summed E-state index contributed by atoms with van der Waals surface area (Å²) in [6, 6.07) is 21.5. The molecule has 2 fully saturated rings. The fraction of sp³-hybridized carbons (Fsp3) is 0.360. The minimum Gasteiger partial charge on any atom is -0.508 e. The molecule has 1 aliphatic carbocycles. The Balaban J connectivity index is 1.18. The Morgan fingerprint density at radius 1 is 0.897 bits per heavy atom. The van der Waals surface area contributed by atoms with Gasteiger partial charge in [0.1, 0.15) is 11.5 Å². The summed E-state index contributed by atoms with van der Waals surface area (Å²) >= 11 is 0. The van der Waals surface area contributed by atoms with Gasteiger partial charge in [-0.3, -0.25) is 4.90 Å². The summed E-state index contributed by atoms with van der Waals surface area (Å²) in [4.78, 5) is 2.38. The number of benzene rings is 3. The van der Waals surface area contributed by atoms with Crippen LogP contribution in [-0.4, -0.2) is 40.9 Å². The highest BCUT2D eigenvalue weighted by atomic mass is 16.5. The van der Waals surface area contributed by atoms with Gasteiger partial charge in [-0.1, -0.05) is 48.5 Å². The molecule has 0 radical (unpaired) electrons. The summed E-state index contributed by atoms with van der Waals surface area (Å²) in [5, 5.41) is 22.4. The fourth-order valence-electron chi connectivity index (χ4n) is 5.11. The maximum atomic E-state index is 10.5. The Morgan fingerprint density at radius 3 is 2.34 bits per heavy atom. The average Bonchev–Trinajstić information content (AvgIpc) is 3.26. The smallest absolute Gasteiger partial charge is 0.127 e. The van der Waals surface area contributed by atoms with E-state index in [9.17, 15) is 10.2 Å². The Morgan fingerprint density at radius 2 is 1.59 bits per heavy atom. The van der Waals surface area contributed by atoms with E-state index in [1.54, 1.807) is 24.3 Å². The van der Waals surface area contributed by atoms with Gasteiger partial charge in [0.2, 0.25) is 0 Å². The number of hydrogen-bond donors (Lipinski definition) is 2. The van der Waals surface area contributed by atoms with Crippen molar-refractivity contribution in [3.63, 3.8) is 0 Å². The van der Waals surface area contributed by atoms with Crippen molar-refractivity contribution < 1.29 is 14.9 Å². The van der Waals surface area contributed by atoms with Crippen molar-refractivity contribution in [2.75, 3.05) is 19.6 Å². The molecular formula is C25H27NO3. The number of nitrogens with zero attached hydrogens (tertiary/aromatic N) is 1. The second kappa shape index (κ2) is 7.69. The summed E-state index contributed by atoms with van der Waals surface area (Å²) in [5.74, 6) is 2.51. The molecule has 0 amide bonds. The highest BCUT2D eigenvalue weighted by molar-refractivity contribution is 5.88. The SMILES string of the molecule is Oc1ccc(C(O)CN2C[C@H]3C[C@H](Oc4cccc5ccccc45)C[C@H]3C2)cc1. The Hall–Kier alpha value is -2.56. The molecule has 4 heteroatoms. The lowest BCUT2D eigenvalue weighted by molar-refractivity contribution is 0.116. The molecule has 1 unspecified atom stereocenters. The van der Waals surface area contributed by atoms with Crippen LogP contribution in [0.2, 0.25) is 0 Å². The third-order valence-corrected chi connectivity index (χ3v) is 6.54. The summed E-state index contributed by atoms with van der Waals surface area (Å²) in [6.07, 6.45) is 1.93.